The molecule has 0 heterocycles. The lowest BCUT2D eigenvalue weighted by Crippen LogP contribution is -2.71. The summed E-state index contributed by atoms with van der Waals surface area (Å²) in [5, 5.41) is 18.2. The van der Waals surface area contributed by atoms with Gasteiger partial charge in [-0.25, -0.2) is 14.4 Å². The molecule has 54 heavy (non-hydrogen) atoms. The maximum atomic E-state index is 15.5. The van der Waals surface area contributed by atoms with Gasteiger partial charge < -0.3 is 24.4 Å². The van der Waals surface area contributed by atoms with Crippen molar-refractivity contribution in [3.05, 3.63) is 24.3 Å². The molecule has 2 N–H and O–H groups in total. The zero-order chi connectivity index (χ0) is 42.6. The van der Waals surface area contributed by atoms with Gasteiger partial charge >= 0.3 is 53.4 Å². The number of hydrogen-bond donors (Lipinski definition) is 2. The van der Waals surface area contributed by atoms with Crippen molar-refractivity contribution < 1.29 is 96.3 Å². The number of aliphatic hydroxyl groups is 2. The minimum atomic E-state index is -7.94. The fourth-order valence-electron chi connectivity index (χ4n) is 4.58. The molecule has 314 valence electrons. The monoisotopic (exact) mass is 812 g/mol. The number of Topliss-reactive ketones (excluding diaryl/α,β-unsaturated/α-hetero) is 1. The standard InChI is InChI=1S/C33H44F12O9/c1-6-7-8-9-10-11-28(34,35)30(38,39)32(42,43)33(44,45)31(40,41)29(36,37)17-27(18-53-24(49)20(2)3,19-54-25(50)21(4)5)12-13-52-26(51)23(48)14-22(15-46)16-47/h22,46-47H,2,4,6-19H2,1,3,5H3. The van der Waals surface area contributed by atoms with E-state index in [9.17, 15) is 54.3 Å². The summed E-state index contributed by atoms with van der Waals surface area (Å²) in [6.07, 6.45) is -7.61. The van der Waals surface area contributed by atoms with Crippen molar-refractivity contribution in [3.63, 3.8) is 0 Å². The van der Waals surface area contributed by atoms with Crippen LogP contribution in [0.25, 0.3) is 0 Å². The van der Waals surface area contributed by atoms with Crippen LogP contribution in [-0.4, -0.2) is 102 Å². The van der Waals surface area contributed by atoms with E-state index < -0.39 is 147 Å². The van der Waals surface area contributed by atoms with Crippen molar-refractivity contribution in [1.82, 2.24) is 0 Å². The Morgan fingerprint density at radius 3 is 1.43 bits per heavy atom. The number of carbonyl (C=O) groups is 4. The lowest BCUT2D eigenvalue weighted by atomic mass is 9.77. The lowest BCUT2D eigenvalue weighted by Gasteiger charge is -2.43. The predicted octanol–water partition coefficient (Wildman–Crippen LogP) is 7.27. The topological polar surface area (TPSA) is 136 Å². The molecule has 0 radical (unpaired) electrons. The summed E-state index contributed by atoms with van der Waals surface area (Å²) < 4.78 is 192. The minimum absolute atomic E-state index is 0.128. The van der Waals surface area contributed by atoms with Crippen molar-refractivity contribution >= 4 is 23.7 Å². The highest BCUT2D eigenvalue weighted by atomic mass is 19.4. The summed E-state index contributed by atoms with van der Waals surface area (Å²) in [5.74, 6) is -50.9. The quantitative estimate of drug-likeness (QED) is 0.0219. The first-order valence-electron chi connectivity index (χ1n) is 16.3. The average Bonchev–Trinajstić information content (AvgIpc) is 3.07. The van der Waals surface area contributed by atoms with Crippen LogP contribution in [-0.2, 0) is 33.4 Å². The van der Waals surface area contributed by atoms with Crippen LogP contribution >= 0.6 is 0 Å². The van der Waals surface area contributed by atoms with Gasteiger partial charge in [0.25, 0.3) is 0 Å². The molecule has 0 spiro atoms. The molecule has 0 unspecified atom stereocenters. The van der Waals surface area contributed by atoms with Crippen molar-refractivity contribution in [2.45, 2.75) is 114 Å². The van der Waals surface area contributed by atoms with Crippen LogP contribution in [0.5, 0.6) is 0 Å². The molecule has 0 fully saturated rings. The molecule has 0 aliphatic rings. The third kappa shape index (κ3) is 12.3. The predicted molar refractivity (Wildman–Crippen MR) is 165 cm³/mol. The van der Waals surface area contributed by atoms with Crippen molar-refractivity contribution in [2.75, 3.05) is 33.0 Å². The Balaban J connectivity index is 7.00. The molecular formula is C33H44F12O9. The fraction of sp³-hybridized carbons (Fsp3) is 0.758. The Kier molecular flexibility index (Phi) is 18.8. The van der Waals surface area contributed by atoms with Gasteiger partial charge in [0.1, 0.15) is 13.2 Å². The second-order valence-corrected chi connectivity index (χ2v) is 13.0. The van der Waals surface area contributed by atoms with E-state index in [1.54, 1.807) is 6.92 Å². The second-order valence-electron chi connectivity index (χ2n) is 13.0. The number of halogens is 12. The Hall–Kier alpha value is -3.36. The molecule has 0 bridgehead atoms. The number of ketones is 1. The normalized spacial score (nSPS) is 13.4. The zero-order valence-corrected chi connectivity index (χ0v) is 29.7. The van der Waals surface area contributed by atoms with Crippen LogP contribution in [0.4, 0.5) is 52.7 Å². The summed E-state index contributed by atoms with van der Waals surface area (Å²) in [5.41, 5.74) is -4.19. The Morgan fingerprint density at radius 2 is 1.02 bits per heavy atom. The van der Waals surface area contributed by atoms with E-state index in [0.29, 0.717) is 12.8 Å². The molecule has 0 saturated carbocycles. The third-order valence-electron chi connectivity index (χ3n) is 8.09. The van der Waals surface area contributed by atoms with E-state index in [1.807, 2.05) is 0 Å². The molecule has 0 rings (SSSR count). The zero-order valence-electron chi connectivity index (χ0n) is 29.7. The van der Waals surface area contributed by atoms with Crippen molar-refractivity contribution in [3.8, 4) is 0 Å². The molecule has 9 nitrogen and oxygen atoms in total. The summed E-state index contributed by atoms with van der Waals surface area (Å²) in [4.78, 5) is 48.5. The van der Waals surface area contributed by atoms with E-state index in [0.717, 1.165) is 13.8 Å². The molecule has 0 aromatic rings. The molecule has 0 aliphatic heterocycles. The molecule has 0 amide bonds. The summed E-state index contributed by atoms with van der Waals surface area (Å²) >= 11 is 0. The van der Waals surface area contributed by atoms with Crippen LogP contribution in [0.2, 0.25) is 0 Å². The van der Waals surface area contributed by atoms with Crippen LogP contribution in [0, 0.1) is 11.3 Å². The summed E-state index contributed by atoms with van der Waals surface area (Å²) in [7, 11) is 0. The first-order chi connectivity index (χ1) is 24.5. The van der Waals surface area contributed by atoms with Crippen LogP contribution < -0.4 is 0 Å². The van der Waals surface area contributed by atoms with Gasteiger partial charge in [0.15, 0.2) is 0 Å². The summed E-state index contributed by atoms with van der Waals surface area (Å²) in [6.45, 7) is 3.55. The lowest BCUT2D eigenvalue weighted by molar-refractivity contribution is -0.427. The van der Waals surface area contributed by atoms with Crippen LogP contribution in [0.15, 0.2) is 24.3 Å². The number of alkyl halides is 12. The van der Waals surface area contributed by atoms with E-state index in [4.69, 9.17) is 10.2 Å². The maximum absolute atomic E-state index is 15.5. The van der Waals surface area contributed by atoms with Gasteiger partial charge in [-0.05, 0) is 26.7 Å². The van der Waals surface area contributed by atoms with Gasteiger partial charge in [0, 0.05) is 55.0 Å². The molecule has 0 saturated heterocycles. The first-order valence-corrected chi connectivity index (χ1v) is 16.3. The molecule has 0 atom stereocenters. The smallest absolute Gasteiger partial charge is 0.384 e. The van der Waals surface area contributed by atoms with Gasteiger partial charge in [-0.15, -0.1) is 0 Å². The second kappa shape index (κ2) is 20.0. The fourth-order valence-corrected chi connectivity index (χ4v) is 4.58. The highest BCUT2D eigenvalue weighted by Gasteiger charge is 2.89. The van der Waals surface area contributed by atoms with Crippen molar-refractivity contribution in [1.29, 1.82) is 0 Å². The Labute approximate surface area is 303 Å². The number of ether oxygens (including phenoxy) is 3. The maximum Gasteiger partial charge on any atom is 0.384 e. The number of rotatable bonds is 27. The third-order valence-corrected chi connectivity index (χ3v) is 8.09. The van der Waals surface area contributed by atoms with E-state index >= 15 is 17.6 Å². The van der Waals surface area contributed by atoms with Gasteiger partial charge in [0.2, 0.25) is 5.78 Å². The van der Waals surface area contributed by atoms with Crippen LogP contribution in [0.3, 0.4) is 0 Å². The number of aliphatic hydroxyl groups excluding tert-OH is 2. The molecule has 0 aromatic carbocycles. The van der Waals surface area contributed by atoms with Gasteiger partial charge in [-0.2, -0.15) is 52.7 Å². The molecule has 21 heteroatoms. The SMILES string of the molecule is C=C(C)C(=O)OCC(CCOC(=O)C(=O)CC(CO)CO)(COC(=O)C(=C)C)CC(F)(F)C(F)(F)C(F)(F)C(F)(F)C(F)(F)C(F)(F)CCCCCCC. The highest BCUT2D eigenvalue weighted by molar-refractivity contribution is 6.33. The van der Waals surface area contributed by atoms with Crippen LogP contribution in [0.1, 0.15) is 78.6 Å². The molecule has 0 aliphatic carbocycles. The number of esters is 3. The Bertz CT molecular complexity index is 1290. The number of unbranched alkanes of at least 4 members (excludes halogenated alkanes) is 4. The van der Waals surface area contributed by atoms with E-state index in [-0.39, 0.29) is 12.8 Å². The molecular weight excluding hydrogens is 768 g/mol. The summed E-state index contributed by atoms with van der Waals surface area (Å²) in [6, 6.07) is 0. The van der Waals surface area contributed by atoms with E-state index in [1.165, 1.54) is 0 Å². The minimum Gasteiger partial charge on any atom is -0.462 e. The highest BCUT2D eigenvalue weighted by Crippen LogP contribution is 2.62. The first kappa shape index (κ1) is 50.6. The van der Waals surface area contributed by atoms with Crippen molar-refractivity contribution in [2.24, 2.45) is 11.3 Å². The average molecular weight is 813 g/mol. The number of hydrogen-bond acceptors (Lipinski definition) is 9. The largest absolute Gasteiger partial charge is 0.462 e. The van der Waals surface area contributed by atoms with Gasteiger partial charge in [-0.3, -0.25) is 4.79 Å². The van der Waals surface area contributed by atoms with E-state index in [2.05, 4.69) is 27.4 Å². The Morgan fingerprint density at radius 1 is 0.593 bits per heavy atom. The van der Waals surface area contributed by atoms with Gasteiger partial charge in [-0.1, -0.05) is 45.8 Å². The van der Waals surface area contributed by atoms with Gasteiger partial charge in [0.05, 0.1) is 6.61 Å². The molecule has 0 aromatic heterocycles. The number of carbonyl (C=O) groups excluding carboxylic acids is 4.